The largest absolute Gasteiger partial charge is 0.394 e. The van der Waals surface area contributed by atoms with Gasteiger partial charge in [0.25, 0.3) is 0 Å². The number of hydrogen-bond donors (Lipinski definition) is 4. The molecular weight excluding hydrogens is 437 g/mol. The fourth-order valence-corrected chi connectivity index (χ4v) is 3.98. The third-order valence-corrected chi connectivity index (χ3v) is 5.89. The molecule has 0 saturated carbocycles. The van der Waals surface area contributed by atoms with Crippen LogP contribution in [0.1, 0.15) is 10.4 Å². The van der Waals surface area contributed by atoms with Crippen molar-refractivity contribution in [2.75, 3.05) is 12.3 Å². The fraction of sp³-hybridized carbons (Fsp3) is 0.294. The smallest absolute Gasteiger partial charge is 0.332 e. The van der Waals surface area contributed by atoms with Crippen molar-refractivity contribution in [3.05, 3.63) is 42.5 Å². The molecule has 2 aromatic heterocycles. The van der Waals surface area contributed by atoms with Crippen molar-refractivity contribution >= 4 is 33.0 Å². The number of nitrogen functional groups attached to an aromatic ring is 1. The van der Waals surface area contributed by atoms with E-state index in [-0.39, 0.29) is 22.5 Å². The third kappa shape index (κ3) is 3.16. The van der Waals surface area contributed by atoms with E-state index in [0.29, 0.717) is 0 Å². The Hall–Kier alpha value is -3.04. The fourth-order valence-electron chi connectivity index (χ4n) is 3.52. The number of Topliss-reactive ketones (excluding diaryl/α,β-unsaturated/α-hetero) is 1. The second kappa shape index (κ2) is 7.28. The van der Waals surface area contributed by atoms with Crippen LogP contribution in [0.25, 0.3) is 11.2 Å². The Labute approximate surface area is 174 Å². The quantitative estimate of drug-likeness (QED) is 0.266. The van der Waals surface area contributed by atoms with Crippen molar-refractivity contribution < 1.29 is 37.2 Å². The number of ether oxygens (including phenoxy) is 1. The normalized spacial score (nSPS) is 26.4. The second-order valence-electron chi connectivity index (χ2n) is 6.81. The molecule has 1 aliphatic rings. The molecule has 1 aliphatic heterocycles. The number of hydrogen-bond acceptors (Lipinski definition) is 11. The van der Waals surface area contributed by atoms with E-state index in [4.69, 9.17) is 10.5 Å². The number of carbonyl (C=O) groups excluding carboxylic acids is 1. The number of halogens is 1. The maximum absolute atomic E-state index is 13.5. The van der Waals surface area contributed by atoms with Gasteiger partial charge in [0.15, 0.2) is 11.5 Å². The molecule has 0 spiro atoms. The first-order valence-corrected chi connectivity index (χ1v) is 10.2. The lowest BCUT2D eigenvalue weighted by molar-refractivity contribution is -0.113. The Morgan fingerprint density at radius 2 is 1.90 bits per heavy atom. The molecular formula is C17H16FN5O7S. The van der Waals surface area contributed by atoms with Gasteiger partial charge < -0.3 is 25.8 Å². The predicted octanol–water partition coefficient (Wildman–Crippen LogP) is -1.28. The number of benzene rings is 1. The first-order chi connectivity index (χ1) is 14.6. The summed E-state index contributed by atoms with van der Waals surface area (Å²) in [5, 5.41) is 30.7. The average molecular weight is 453 g/mol. The predicted molar refractivity (Wildman–Crippen MR) is 101 cm³/mol. The van der Waals surface area contributed by atoms with Gasteiger partial charge in [0, 0.05) is 5.56 Å². The van der Waals surface area contributed by atoms with Crippen molar-refractivity contribution in [3.8, 4) is 0 Å². The highest BCUT2D eigenvalue weighted by molar-refractivity contribution is 7.86. The van der Waals surface area contributed by atoms with Crippen LogP contribution in [0.5, 0.6) is 0 Å². The van der Waals surface area contributed by atoms with E-state index in [1.807, 2.05) is 0 Å². The Morgan fingerprint density at radius 3 is 2.48 bits per heavy atom. The first-order valence-electron chi connectivity index (χ1n) is 8.79. The molecule has 0 radical (unpaired) electrons. The number of aliphatic hydroxyl groups excluding tert-OH is 3. The van der Waals surface area contributed by atoms with Crippen LogP contribution < -0.4 is 5.73 Å². The maximum Gasteiger partial charge on any atom is 0.332 e. The number of rotatable bonds is 5. The second-order valence-corrected chi connectivity index (χ2v) is 8.15. The summed E-state index contributed by atoms with van der Waals surface area (Å²) < 4.78 is 42.0. The van der Waals surface area contributed by atoms with E-state index in [9.17, 15) is 32.4 Å². The number of carbonyl (C=O) groups is 1. The zero-order valence-corrected chi connectivity index (χ0v) is 16.3. The topological polar surface area (TPSA) is 191 Å². The van der Waals surface area contributed by atoms with Crippen molar-refractivity contribution in [1.29, 1.82) is 0 Å². The molecule has 0 bridgehead atoms. The lowest BCUT2D eigenvalue weighted by Gasteiger charge is -2.32. The Balaban J connectivity index is 1.92. The molecule has 1 aromatic carbocycles. The van der Waals surface area contributed by atoms with Gasteiger partial charge in [-0.1, -0.05) is 0 Å². The molecule has 0 unspecified atom stereocenters. The number of anilines is 1. The molecule has 4 atom stereocenters. The van der Waals surface area contributed by atoms with Crippen LogP contribution in [0.2, 0.25) is 0 Å². The van der Waals surface area contributed by atoms with Gasteiger partial charge in [-0.25, -0.2) is 15.0 Å². The van der Waals surface area contributed by atoms with Crippen LogP contribution in [-0.2, 0) is 20.7 Å². The number of ketones is 1. The zero-order chi connectivity index (χ0) is 22.6. The molecule has 3 aromatic rings. The van der Waals surface area contributed by atoms with Crippen LogP contribution >= 0.6 is 0 Å². The summed E-state index contributed by atoms with van der Waals surface area (Å²) in [5.74, 6) is -0.954. The van der Waals surface area contributed by atoms with Crippen molar-refractivity contribution in [1.82, 2.24) is 19.5 Å². The van der Waals surface area contributed by atoms with Gasteiger partial charge in [-0.05, 0) is 24.3 Å². The van der Waals surface area contributed by atoms with Gasteiger partial charge in [-0.15, -0.1) is 3.89 Å². The standard InChI is InChI=1S/C17H16FN5O7S/c18-31(28,29)9-3-1-8(2-4-9)13(26)17(14(27)12(25)10(5-24)30-17)23-7-22-11-15(19)20-6-21-16(11)23/h1-4,6-7,10,12,14,24-25,27H,5H2,(H2,19,20,21)/t10-,12-,14-,17-/m1/s1. The molecule has 4 rings (SSSR count). The van der Waals surface area contributed by atoms with Crippen molar-refractivity contribution in [3.63, 3.8) is 0 Å². The lowest BCUT2D eigenvalue weighted by atomic mass is 9.93. The molecule has 12 nitrogen and oxygen atoms in total. The summed E-state index contributed by atoms with van der Waals surface area (Å²) >= 11 is 0. The van der Waals surface area contributed by atoms with Gasteiger partial charge in [0.1, 0.15) is 36.5 Å². The van der Waals surface area contributed by atoms with Gasteiger partial charge in [0.2, 0.25) is 11.5 Å². The number of nitrogens with zero attached hydrogens (tertiary/aromatic N) is 4. The number of fused-ring (bicyclic) bond motifs is 1. The minimum Gasteiger partial charge on any atom is -0.394 e. The molecule has 0 aliphatic carbocycles. The van der Waals surface area contributed by atoms with Crippen LogP contribution in [-0.4, -0.2) is 74.0 Å². The monoisotopic (exact) mass is 453 g/mol. The minimum absolute atomic E-state index is 0.00588. The molecule has 31 heavy (non-hydrogen) atoms. The first kappa shape index (κ1) is 21.2. The maximum atomic E-state index is 13.5. The lowest BCUT2D eigenvalue weighted by Crippen LogP contribution is -2.51. The molecule has 164 valence electrons. The SMILES string of the molecule is Nc1ncnc2c1ncn2[C@]1(C(=O)c2ccc(S(=O)(=O)F)cc2)O[C@H](CO)[C@@H](O)[C@H]1O. The Bertz CT molecular complexity index is 1270. The molecule has 3 heterocycles. The zero-order valence-electron chi connectivity index (χ0n) is 15.5. The van der Waals surface area contributed by atoms with Crippen LogP contribution in [0, 0.1) is 0 Å². The van der Waals surface area contributed by atoms with E-state index >= 15 is 0 Å². The van der Waals surface area contributed by atoms with E-state index in [0.717, 1.165) is 41.5 Å². The Morgan fingerprint density at radius 1 is 1.23 bits per heavy atom. The van der Waals surface area contributed by atoms with Crippen LogP contribution in [0.15, 0.2) is 41.8 Å². The molecule has 5 N–H and O–H groups in total. The van der Waals surface area contributed by atoms with Crippen molar-refractivity contribution in [2.24, 2.45) is 0 Å². The van der Waals surface area contributed by atoms with E-state index in [1.54, 1.807) is 0 Å². The minimum atomic E-state index is -5.00. The third-order valence-electron chi connectivity index (χ3n) is 5.06. The van der Waals surface area contributed by atoms with Gasteiger partial charge in [-0.2, -0.15) is 8.42 Å². The van der Waals surface area contributed by atoms with Crippen LogP contribution in [0.4, 0.5) is 9.70 Å². The molecule has 1 fully saturated rings. The van der Waals surface area contributed by atoms with E-state index < -0.39 is 51.5 Å². The summed E-state index contributed by atoms with van der Waals surface area (Å²) in [5.41, 5.74) is 3.33. The van der Waals surface area contributed by atoms with E-state index in [2.05, 4.69) is 15.0 Å². The van der Waals surface area contributed by atoms with Gasteiger partial charge in [0.05, 0.1) is 11.5 Å². The van der Waals surface area contributed by atoms with Gasteiger partial charge >= 0.3 is 10.2 Å². The summed E-state index contributed by atoms with van der Waals surface area (Å²) in [6.07, 6.45) is -2.72. The summed E-state index contributed by atoms with van der Waals surface area (Å²) in [6, 6.07) is 3.77. The summed E-state index contributed by atoms with van der Waals surface area (Å²) in [7, 11) is -5.00. The highest BCUT2D eigenvalue weighted by Gasteiger charge is 2.61. The molecule has 14 heteroatoms. The highest BCUT2D eigenvalue weighted by atomic mass is 32.3. The van der Waals surface area contributed by atoms with E-state index in [1.165, 1.54) is 0 Å². The Kier molecular flexibility index (Phi) is 4.98. The number of imidazole rings is 1. The average Bonchev–Trinajstić information content (AvgIpc) is 3.28. The molecule has 0 amide bonds. The summed E-state index contributed by atoms with van der Waals surface area (Å²) in [4.78, 5) is 24.7. The van der Waals surface area contributed by atoms with Crippen molar-refractivity contribution in [2.45, 2.75) is 28.9 Å². The van der Waals surface area contributed by atoms with Crippen LogP contribution in [0.3, 0.4) is 0 Å². The van der Waals surface area contributed by atoms with Gasteiger partial charge in [-0.3, -0.25) is 9.36 Å². The number of aliphatic hydroxyl groups is 3. The number of nitrogens with two attached hydrogens (primary N) is 1. The highest BCUT2D eigenvalue weighted by Crippen LogP contribution is 2.40. The molecule has 1 saturated heterocycles. The summed E-state index contributed by atoms with van der Waals surface area (Å²) in [6.45, 7) is -0.726. The number of aromatic nitrogens is 4.